The summed E-state index contributed by atoms with van der Waals surface area (Å²) in [5.41, 5.74) is 3.47. The van der Waals surface area contributed by atoms with Gasteiger partial charge in [-0.25, -0.2) is 15.0 Å². The predicted molar refractivity (Wildman–Crippen MR) is 123 cm³/mol. The number of aliphatic imine (C=N–C) groups is 1. The van der Waals surface area contributed by atoms with E-state index in [1.165, 1.54) is 5.69 Å². The van der Waals surface area contributed by atoms with Gasteiger partial charge in [-0.3, -0.25) is 4.57 Å². The van der Waals surface area contributed by atoms with E-state index >= 15 is 0 Å². The van der Waals surface area contributed by atoms with E-state index in [0.29, 0.717) is 11.6 Å². The summed E-state index contributed by atoms with van der Waals surface area (Å²) in [6, 6.07) is 14.1. The summed E-state index contributed by atoms with van der Waals surface area (Å²) in [7, 11) is 3.94. The number of fused-ring (bicyclic) bond motifs is 1. The average molecular weight is 416 g/mol. The zero-order valence-corrected chi connectivity index (χ0v) is 17.7. The Balaban J connectivity index is 1.35. The Morgan fingerprint density at radius 1 is 1.00 bits per heavy atom. The average Bonchev–Trinajstić information content (AvgIpc) is 3.35. The topological polar surface area (TPSA) is 81.3 Å². The van der Waals surface area contributed by atoms with Gasteiger partial charge in [-0.15, -0.1) is 0 Å². The molecule has 31 heavy (non-hydrogen) atoms. The molecule has 3 heterocycles. The molecule has 2 aromatic carbocycles. The first-order valence-electron chi connectivity index (χ1n) is 10.4. The van der Waals surface area contributed by atoms with E-state index in [0.717, 1.165) is 48.1 Å². The summed E-state index contributed by atoms with van der Waals surface area (Å²) < 4.78 is 1.64. The SMILES string of the molecule is CN1CCN(c2ccc(Nc3nc(/C=c4\ccc5c(c4)N=CN=5)c(O)n3C)cc2)CC1. The molecule has 0 aliphatic carbocycles. The van der Waals surface area contributed by atoms with E-state index in [1.54, 1.807) is 18.0 Å². The van der Waals surface area contributed by atoms with Crippen molar-refractivity contribution in [3.63, 3.8) is 0 Å². The van der Waals surface area contributed by atoms with Crippen LogP contribution in [-0.2, 0) is 7.05 Å². The predicted octanol–water partition coefficient (Wildman–Crippen LogP) is 1.74. The summed E-state index contributed by atoms with van der Waals surface area (Å²) in [5.74, 6) is 0.676. The van der Waals surface area contributed by atoms with Gasteiger partial charge < -0.3 is 20.2 Å². The molecule has 158 valence electrons. The molecule has 2 N–H and O–H groups in total. The van der Waals surface area contributed by atoms with Crippen LogP contribution >= 0.6 is 0 Å². The number of rotatable bonds is 4. The standard InChI is InChI=1S/C23H25N7O/c1-28-9-11-30(12-10-28)18-6-4-17(5-7-18)26-23-27-21(22(31)29(23)2)14-16-3-8-19-20(13-16)25-15-24-19/h3-8,13-15,31H,9-12H2,1-2H3,(H,26,27)/b16-14+. The van der Waals surface area contributed by atoms with Crippen LogP contribution in [-0.4, -0.2) is 59.1 Å². The molecule has 3 aromatic rings. The second-order valence-corrected chi connectivity index (χ2v) is 7.93. The lowest BCUT2D eigenvalue weighted by Crippen LogP contribution is -2.44. The summed E-state index contributed by atoms with van der Waals surface area (Å²) in [6.45, 7) is 4.24. The molecular formula is C23H25N7O. The van der Waals surface area contributed by atoms with Crippen LogP contribution in [0.25, 0.3) is 6.08 Å². The molecule has 8 nitrogen and oxygen atoms in total. The van der Waals surface area contributed by atoms with Gasteiger partial charge in [0.15, 0.2) is 0 Å². The molecule has 1 saturated heterocycles. The third-order valence-corrected chi connectivity index (χ3v) is 5.78. The molecule has 0 spiro atoms. The summed E-state index contributed by atoms with van der Waals surface area (Å²) >= 11 is 0. The zero-order valence-electron chi connectivity index (χ0n) is 17.7. The molecule has 1 aromatic heterocycles. The lowest BCUT2D eigenvalue weighted by atomic mass is 10.2. The smallest absolute Gasteiger partial charge is 0.220 e. The third kappa shape index (κ3) is 3.89. The number of likely N-dealkylation sites (N-methyl/N-ethyl adjacent to an activating group) is 1. The maximum absolute atomic E-state index is 10.6. The van der Waals surface area contributed by atoms with E-state index in [1.807, 2.05) is 36.4 Å². The highest BCUT2D eigenvalue weighted by Crippen LogP contribution is 2.26. The van der Waals surface area contributed by atoms with Crippen LogP contribution in [0, 0.1) is 0 Å². The van der Waals surface area contributed by atoms with Crippen LogP contribution in [0.15, 0.2) is 52.4 Å². The van der Waals surface area contributed by atoms with E-state index in [4.69, 9.17) is 0 Å². The Bertz CT molecular complexity index is 1250. The van der Waals surface area contributed by atoms with E-state index < -0.39 is 0 Å². The Morgan fingerprint density at radius 2 is 1.77 bits per heavy atom. The number of anilines is 3. The first kappa shape index (κ1) is 19.3. The van der Waals surface area contributed by atoms with Crippen LogP contribution < -0.4 is 20.8 Å². The van der Waals surface area contributed by atoms with Crippen molar-refractivity contribution < 1.29 is 5.11 Å². The summed E-state index contributed by atoms with van der Waals surface area (Å²) in [5, 5.41) is 15.6. The molecule has 0 saturated carbocycles. The van der Waals surface area contributed by atoms with Gasteiger partial charge in [0.1, 0.15) is 12.0 Å². The quantitative estimate of drug-likeness (QED) is 0.679. The number of benzene rings is 2. The maximum Gasteiger partial charge on any atom is 0.220 e. The lowest BCUT2D eigenvalue weighted by Gasteiger charge is -2.34. The minimum absolute atomic E-state index is 0.102. The Hall–Kier alpha value is -3.65. The fourth-order valence-electron chi connectivity index (χ4n) is 3.82. The second-order valence-electron chi connectivity index (χ2n) is 7.93. The maximum atomic E-state index is 10.6. The molecule has 0 unspecified atom stereocenters. The molecule has 8 heteroatoms. The van der Waals surface area contributed by atoms with Crippen LogP contribution in [0.2, 0.25) is 0 Å². The van der Waals surface area contributed by atoms with Crippen molar-refractivity contribution in [2.45, 2.75) is 0 Å². The van der Waals surface area contributed by atoms with Gasteiger partial charge in [-0.2, -0.15) is 0 Å². The first-order valence-corrected chi connectivity index (χ1v) is 10.4. The van der Waals surface area contributed by atoms with Crippen LogP contribution in [0.5, 0.6) is 5.88 Å². The number of nitrogens with zero attached hydrogens (tertiary/aromatic N) is 6. The number of nitrogens with one attached hydrogen (secondary N) is 1. The minimum atomic E-state index is 0.102. The van der Waals surface area contributed by atoms with Gasteiger partial charge in [0.2, 0.25) is 11.8 Å². The highest BCUT2D eigenvalue weighted by molar-refractivity contribution is 5.67. The van der Waals surface area contributed by atoms with Crippen molar-refractivity contribution in [1.29, 1.82) is 0 Å². The summed E-state index contributed by atoms with van der Waals surface area (Å²) in [6.07, 6.45) is 3.38. The van der Waals surface area contributed by atoms with Crippen LogP contribution in [0.4, 0.5) is 23.0 Å². The Labute approximate surface area is 180 Å². The Kier molecular flexibility index (Phi) is 4.91. The number of aromatic nitrogens is 2. The van der Waals surface area contributed by atoms with Crippen molar-refractivity contribution in [3.8, 4) is 5.88 Å². The number of aromatic hydroxyl groups is 1. The van der Waals surface area contributed by atoms with Gasteiger partial charge in [0.25, 0.3) is 0 Å². The van der Waals surface area contributed by atoms with E-state index in [2.05, 4.69) is 49.3 Å². The van der Waals surface area contributed by atoms with Crippen LogP contribution in [0.1, 0.15) is 5.69 Å². The molecular weight excluding hydrogens is 390 g/mol. The van der Waals surface area contributed by atoms with Gasteiger partial charge in [0, 0.05) is 44.6 Å². The normalized spacial score (nSPS) is 16.5. The molecule has 1 fully saturated rings. The fraction of sp³-hybridized carbons (Fsp3) is 0.261. The van der Waals surface area contributed by atoms with Gasteiger partial charge in [0.05, 0.1) is 11.0 Å². The number of imidazole rings is 1. The number of piperazine rings is 1. The van der Waals surface area contributed by atoms with Crippen LogP contribution in [0.3, 0.4) is 0 Å². The summed E-state index contributed by atoms with van der Waals surface area (Å²) in [4.78, 5) is 17.7. The van der Waals surface area contributed by atoms with E-state index in [-0.39, 0.29) is 5.88 Å². The van der Waals surface area contributed by atoms with Crippen molar-refractivity contribution in [3.05, 3.63) is 58.7 Å². The van der Waals surface area contributed by atoms with Crippen molar-refractivity contribution in [1.82, 2.24) is 14.5 Å². The fourth-order valence-corrected chi connectivity index (χ4v) is 3.82. The lowest BCUT2D eigenvalue weighted by molar-refractivity contribution is 0.313. The highest BCUT2D eigenvalue weighted by Gasteiger charge is 2.15. The molecule has 0 radical (unpaired) electrons. The third-order valence-electron chi connectivity index (χ3n) is 5.78. The molecule has 0 atom stereocenters. The van der Waals surface area contributed by atoms with Crippen molar-refractivity contribution in [2.24, 2.45) is 17.0 Å². The van der Waals surface area contributed by atoms with Gasteiger partial charge in [-0.05, 0) is 54.7 Å². The van der Waals surface area contributed by atoms with E-state index in [9.17, 15) is 5.11 Å². The molecule has 5 rings (SSSR count). The highest BCUT2D eigenvalue weighted by atomic mass is 16.3. The first-order chi connectivity index (χ1) is 15.1. The molecule has 2 aliphatic heterocycles. The van der Waals surface area contributed by atoms with Crippen molar-refractivity contribution >= 4 is 35.4 Å². The minimum Gasteiger partial charge on any atom is -0.493 e. The van der Waals surface area contributed by atoms with Gasteiger partial charge >= 0.3 is 0 Å². The largest absolute Gasteiger partial charge is 0.493 e. The molecule has 2 aliphatic rings. The van der Waals surface area contributed by atoms with Gasteiger partial charge in [-0.1, -0.05) is 6.07 Å². The second kappa shape index (κ2) is 7.88. The number of hydrogen-bond donors (Lipinski definition) is 2. The molecule has 0 amide bonds. The zero-order chi connectivity index (χ0) is 21.4. The molecule has 0 bridgehead atoms. The Morgan fingerprint density at radius 3 is 2.55 bits per heavy atom. The monoisotopic (exact) mass is 415 g/mol. The number of hydrogen-bond acceptors (Lipinski definition) is 7. The van der Waals surface area contributed by atoms with Crippen molar-refractivity contribution in [2.75, 3.05) is 43.4 Å².